The third-order valence-electron chi connectivity index (χ3n) is 5.96. The Morgan fingerprint density at radius 3 is 2.92 bits per heavy atom. The lowest BCUT2D eigenvalue weighted by atomic mass is 9.71. The molecular formula is C21H26N2O2S. The molecule has 1 N–H and O–H groups in total. The summed E-state index contributed by atoms with van der Waals surface area (Å²) < 4.78 is 0. The van der Waals surface area contributed by atoms with Crippen LogP contribution in [0.2, 0.25) is 0 Å². The van der Waals surface area contributed by atoms with Crippen molar-refractivity contribution in [1.82, 2.24) is 9.88 Å². The summed E-state index contributed by atoms with van der Waals surface area (Å²) in [6.07, 6.45) is 5.28. The molecule has 1 saturated carbocycles. The number of benzene rings is 1. The van der Waals surface area contributed by atoms with Crippen LogP contribution in [0.5, 0.6) is 0 Å². The third-order valence-corrected chi connectivity index (χ3v) is 6.90. The summed E-state index contributed by atoms with van der Waals surface area (Å²) in [5, 5.41) is 13.7. The van der Waals surface area contributed by atoms with E-state index in [9.17, 15) is 9.90 Å². The zero-order valence-corrected chi connectivity index (χ0v) is 16.1. The quantitative estimate of drug-likeness (QED) is 0.894. The van der Waals surface area contributed by atoms with Crippen LogP contribution in [0, 0.1) is 12.8 Å². The molecule has 2 unspecified atom stereocenters. The van der Waals surface area contributed by atoms with Crippen molar-refractivity contribution in [2.24, 2.45) is 5.92 Å². The minimum atomic E-state index is -0.533. The number of hydrogen-bond acceptors (Lipinski definition) is 4. The first-order chi connectivity index (χ1) is 12.5. The number of carbonyl (C=O) groups is 1. The van der Waals surface area contributed by atoms with Gasteiger partial charge in [0.05, 0.1) is 17.7 Å². The van der Waals surface area contributed by atoms with E-state index >= 15 is 0 Å². The summed E-state index contributed by atoms with van der Waals surface area (Å²) in [5.41, 5.74) is 2.65. The van der Waals surface area contributed by atoms with Gasteiger partial charge < -0.3 is 10.0 Å². The van der Waals surface area contributed by atoms with Crippen molar-refractivity contribution >= 4 is 17.2 Å². The summed E-state index contributed by atoms with van der Waals surface area (Å²) in [7, 11) is 0. The first kappa shape index (κ1) is 17.7. The maximum absolute atomic E-state index is 12.7. The molecule has 1 aromatic heterocycles. The van der Waals surface area contributed by atoms with Crippen LogP contribution in [0.25, 0.3) is 10.6 Å². The molecule has 1 saturated heterocycles. The van der Waals surface area contributed by atoms with Crippen molar-refractivity contribution in [2.45, 2.75) is 51.0 Å². The molecule has 0 bridgehead atoms. The molecule has 4 rings (SSSR count). The van der Waals surface area contributed by atoms with E-state index in [4.69, 9.17) is 0 Å². The molecule has 4 nitrogen and oxygen atoms in total. The van der Waals surface area contributed by atoms with E-state index in [1.54, 1.807) is 11.3 Å². The number of fused-ring (bicyclic) bond motifs is 1. The average Bonchev–Trinajstić information content (AvgIpc) is 3.10. The van der Waals surface area contributed by atoms with Crippen molar-refractivity contribution in [3.63, 3.8) is 0 Å². The number of nitrogens with zero attached hydrogens (tertiary/aromatic N) is 2. The van der Waals surface area contributed by atoms with Gasteiger partial charge in [0.2, 0.25) is 5.91 Å². The maximum Gasteiger partial charge on any atom is 0.228 e. The fourth-order valence-electron chi connectivity index (χ4n) is 4.28. The molecule has 0 radical (unpaired) electrons. The zero-order valence-electron chi connectivity index (χ0n) is 15.3. The average molecular weight is 371 g/mol. The van der Waals surface area contributed by atoms with E-state index in [0.29, 0.717) is 19.5 Å². The standard InChI is InChI=1S/C21H26N2O2S/c1-15-5-7-16(8-6-15)20-22-18(14-26-20)12-19(24)23-11-10-21(25)9-3-2-4-17(21)13-23/h5-8,14,17,25H,2-4,9-13H2,1H3. The van der Waals surface area contributed by atoms with E-state index in [2.05, 4.69) is 36.2 Å². The van der Waals surface area contributed by atoms with Crippen LogP contribution in [0.1, 0.15) is 43.4 Å². The number of thiazole rings is 1. The van der Waals surface area contributed by atoms with Crippen molar-refractivity contribution in [2.75, 3.05) is 13.1 Å². The number of carbonyl (C=O) groups excluding carboxylic acids is 1. The number of rotatable bonds is 3. The fraction of sp³-hybridized carbons (Fsp3) is 0.524. The van der Waals surface area contributed by atoms with Crippen molar-refractivity contribution in [1.29, 1.82) is 0 Å². The Morgan fingerprint density at radius 2 is 2.12 bits per heavy atom. The van der Waals surface area contributed by atoms with Crippen LogP contribution < -0.4 is 0 Å². The second-order valence-corrected chi connectivity index (χ2v) is 8.68. The number of piperidine rings is 1. The normalized spacial score (nSPS) is 25.8. The van der Waals surface area contributed by atoms with Gasteiger partial charge in [-0.15, -0.1) is 11.3 Å². The predicted molar refractivity (Wildman–Crippen MR) is 104 cm³/mol. The van der Waals surface area contributed by atoms with Crippen LogP contribution in [0.4, 0.5) is 0 Å². The van der Waals surface area contributed by atoms with Crippen LogP contribution >= 0.6 is 11.3 Å². The highest BCUT2D eigenvalue weighted by Crippen LogP contribution is 2.39. The lowest BCUT2D eigenvalue weighted by Crippen LogP contribution is -2.54. The minimum Gasteiger partial charge on any atom is -0.389 e. The monoisotopic (exact) mass is 370 g/mol. The van der Waals surface area contributed by atoms with E-state index in [1.807, 2.05) is 10.3 Å². The Hall–Kier alpha value is -1.72. The molecule has 1 aromatic carbocycles. The summed E-state index contributed by atoms with van der Waals surface area (Å²) in [6.45, 7) is 3.44. The highest BCUT2D eigenvalue weighted by atomic mass is 32.1. The number of aromatic nitrogens is 1. The van der Waals surface area contributed by atoms with Gasteiger partial charge in [-0.2, -0.15) is 0 Å². The molecule has 2 aromatic rings. The Morgan fingerprint density at radius 1 is 1.31 bits per heavy atom. The second kappa shape index (κ2) is 7.12. The highest BCUT2D eigenvalue weighted by molar-refractivity contribution is 7.13. The number of aliphatic hydroxyl groups is 1. The fourth-order valence-corrected chi connectivity index (χ4v) is 5.11. The molecule has 5 heteroatoms. The first-order valence-electron chi connectivity index (χ1n) is 9.55. The van der Waals surface area contributed by atoms with Gasteiger partial charge in [0.25, 0.3) is 0 Å². The minimum absolute atomic E-state index is 0.137. The Bertz CT molecular complexity index is 786. The zero-order chi connectivity index (χ0) is 18.1. The lowest BCUT2D eigenvalue weighted by Gasteiger charge is -2.47. The molecule has 138 valence electrons. The van der Waals surface area contributed by atoms with Gasteiger partial charge in [-0.1, -0.05) is 42.7 Å². The van der Waals surface area contributed by atoms with Crippen LogP contribution in [-0.2, 0) is 11.2 Å². The van der Waals surface area contributed by atoms with Crippen molar-refractivity contribution < 1.29 is 9.90 Å². The Kier molecular flexibility index (Phi) is 4.84. The van der Waals surface area contributed by atoms with E-state index in [-0.39, 0.29) is 11.8 Å². The summed E-state index contributed by atoms with van der Waals surface area (Å²) >= 11 is 1.59. The van der Waals surface area contributed by atoms with Crippen LogP contribution in [0.15, 0.2) is 29.6 Å². The SMILES string of the molecule is Cc1ccc(-c2nc(CC(=O)N3CCC4(O)CCCCC4C3)cs2)cc1. The Labute approximate surface area is 158 Å². The van der Waals surface area contributed by atoms with Gasteiger partial charge in [0, 0.05) is 30.0 Å². The van der Waals surface area contributed by atoms with Gasteiger partial charge >= 0.3 is 0 Å². The molecule has 0 spiro atoms. The molecule has 2 aliphatic rings. The molecule has 2 atom stereocenters. The van der Waals surface area contributed by atoms with Gasteiger partial charge in [-0.3, -0.25) is 4.79 Å². The van der Waals surface area contributed by atoms with Gasteiger partial charge in [-0.05, 0) is 26.2 Å². The largest absolute Gasteiger partial charge is 0.389 e. The molecular weight excluding hydrogens is 344 g/mol. The highest BCUT2D eigenvalue weighted by Gasteiger charge is 2.43. The smallest absolute Gasteiger partial charge is 0.228 e. The molecule has 1 amide bonds. The van der Waals surface area contributed by atoms with E-state index in [0.717, 1.165) is 41.9 Å². The Balaban J connectivity index is 1.40. The first-order valence-corrected chi connectivity index (χ1v) is 10.4. The summed E-state index contributed by atoms with van der Waals surface area (Å²) in [4.78, 5) is 19.3. The van der Waals surface area contributed by atoms with E-state index < -0.39 is 5.60 Å². The van der Waals surface area contributed by atoms with Gasteiger partial charge in [0.1, 0.15) is 5.01 Å². The van der Waals surface area contributed by atoms with Crippen LogP contribution in [-0.4, -0.2) is 39.6 Å². The number of likely N-dealkylation sites (tertiary alicyclic amines) is 1. The van der Waals surface area contributed by atoms with Crippen molar-refractivity contribution in [3.8, 4) is 10.6 Å². The maximum atomic E-state index is 12.7. The summed E-state index contributed by atoms with van der Waals surface area (Å²) in [5.74, 6) is 0.380. The molecule has 26 heavy (non-hydrogen) atoms. The van der Waals surface area contributed by atoms with Crippen molar-refractivity contribution in [3.05, 3.63) is 40.9 Å². The topological polar surface area (TPSA) is 53.4 Å². The number of hydrogen-bond donors (Lipinski definition) is 1. The van der Waals surface area contributed by atoms with Gasteiger partial charge in [-0.25, -0.2) is 4.98 Å². The molecule has 1 aliphatic heterocycles. The molecule has 2 fully saturated rings. The summed E-state index contributed by atoms with van der Waals surface area (Å²) in [6, 6.07) is 8.32. The van der Waals surface area contributed by atoms with E-state index in [1.165, 1.54) is 12.0 Å². The molecule has 1 aliphatic carbocycles. The second-order valence-electron chi connectivity index (χ2n) is 7.82. The van der Waals surface area contributed by atoms with Crippen LogP contribution in [0.3, 0.4) is 0 Å². The number of amides is 1. The predicted octanol–water partition coefficient (Wildman–Crippen LogP) is 3.81. The van der Waals surface area contributed by atoms with Gasteiger partial charge in [0.15, 0.2) is 0 Å². The molecule has 2 heterocycles. The third kappa shape index (κ3) is 3.55. The number of aryl methyl sites for hydroxylation is 1. The lowest BCUT2D eigenvalue weighted by molar-refractivity contribution is -0.142.